The van der Waals surface area contributed by atoms with Crippen LogP contribution in [0.5, 0.6) is 0 Å². The van der Waals surface area contributed by atoms with Gasteiger partial charge in [-0.25, -0.2) is 4.98 Å². The number of hydrogen-bond acceptors (Lipinski definition) is 5. The molecule has 2 rings (SSSR count). The lowest BCUT2D eigenvalue weighted by Crippen LogP contribution is -2.53. The van der Waals surface area contributed by atoms with Crippen LogP contribution in [0.15, 0.2) is 12.3 Å². The molecular formula is C13H20BN3O3. The van der Waals surface area contributed by atoms with Crippen molar-refractivity contribution in [1.82, 2.24) is 15.2 Å². The molecule has 2 aromatic heterocycles. The summed E-state index contributed by atoms with van der Waals surface area (Å²) in [5.74, 6) is 0. The molecule has 0 fully saturated rings. The standard InChI is InChI=1S/C13H20BN3O3/c1-8-10-6-9(7-15-11(10)17-16-8)14(19)20-13(4,5)12(2,3)18/h6-7,18-19H,1-5H3,(H,15,16,17). The maximum absolute atomic E-state index is 10.2. The van der Waals surface area contributed by atoms with Crippen LogP contribution in [0.25, 0.3) is 11.0 Å². The summed E-state index contributed by atoms with van der Waals surface area (Å²) in [7, 11) is -1.16. The van der Waals surface area contributed by atoms with E-state index >= 15 is 0 Å². The lowest BCUT2D eigenvalue weighted by Gasteiger charge is -2.38. The zero-order valence-corrected chi connectivity index (χ0v) is 12.4. The molecule has 0 unspecified atom stereocenters. The lowest BCUT2D eigenvalue weighted by molar-refractivity contribution is -0.0982. The van der Waals surface area contributed by atoms with Crippen LogP contribution < -0.4 is 5.46 Å². The minimum Gasteiger partial charge on any atom is -0.423 e. The van der Waals surface area contributed by atoms with E-state index in [9.17, 15) is 10.1 Å². The van der Waals surface area contributed by atoms with Gasteiger partial charge in [-0.2, -0.15) is 5.10 Å². The second-order valence-electron chi connectivity index (χ2n) is 6.03. The Kier molecular flexibility index (Phi) is 3.62. The highest BCUT2D eigenvalue weighted by Gasteiger charge is 2.39. The van der Waals surface area contributed by atoms with E-state index in [0.717, 1.165) is 11.1 Å². The lowest BCUT2D eigenvalue weighted by atomic mass is 9.77. The van der Waals surface area contributed by atoms with E-state index in [4.69, 9.17) is 4.65 Å². The maximum atomic E-state index is 10.2. The summed E-state index contributed by atoms with van der Waals surface area (Å²) in [6.07, 6.45) is 1.52. The van der Waals surface area contributed by atoms with E-state index in [0.29, 0.717) is 11.1 Å². The zero-order chi connectivity index (χ0) is 15.1. The topological polar surface area (TPSA) is 91.3 Å². The Morgan fingerprint density at radius 2 is 1.95 bits per heavy atom. The minimum atomic E-state index is -1.16. The Morgan fingerprint density at radius 1 is 1.30 bits per heavy atom. The first-order valence-electron chi connectivity index (χ1n) is 6.51. The van der Waals surface area contributed by atoms with Crippen molar-refractivity contribution in [3.8, 4) is 0 Å². The highest BCUT2D eigenvalue weighted by Crippen LogP contribution is 2.25. The third-order valence-corrected chi connectivity index (χ3v) is 3.79. The van der Waals surface area contributed by atoms with Crippen molar-refractivity contribution in [2.75, 3.05) is 0 Å². The van der Waals surface area contributed by atoms with Crippen molar-refractivity contribution in [1.29, 1.82) is 0 Å². The summed E-state index contributed by atoms with van der Waals surface area (Å²) in [6, 6.07) is 1.78. The van der Waals surface area contributed by atoms with Crippen molar-refractivity contribution in [2.24, 2.45) is 0 Å². The number of H-pyrrole nitrogens is 1. The van der Waals surface area contributed by atoms with E-state index in [1.54, 1.807) is 33.8 Å². The first-order chi connectivity index (χ1) is 9.12. The van der Waals surface area contributed by atoms with Gasteiger partial charge in [-0.15, -0.1) is 0 Å². The summed E-state index contributed by atoms with van der Waals surface area (Å²) in [5, 5.41) is 28.0. The minimum absolute atomic E-state index is 0.527. The number of pyridine rings is 1. The third-order valence-electron chi connectivity index (χ3n) is 3.79. The molecule has 2 aromatic rings. The van der Waals surface area contributed by atoms with E-state index in [1.165, 1.54) is 6.20 Å². The van der Waals surface area contributed by atoms with Crippen LogP contribution in [0.4, 0.5) is 0 Å². The fourth-order valence-corrected chi connectivity index (χ4v) is 1.66. The molecule has 2 heterocycles. The summed E-state index contributed by atoms with van der Waals surface area (Å²) in [4.78, 5) is 4.17. The second kappa shape index (κ2) is 4.84. The van der Waals surface area contributed by atoms with Gasteiger partial charge in [0.2, 0.25) is 0 Å². The molecule has 0 saturated heterocycles. The molecule has 0 spiro atoms. The molecule has 0 aliphatic heterocycles. The van der Waals surface area contributed by atoms with Crippen LogP contribution in [0.1, 0.15) is 33.4 Å². The number of aryl methyl sites for hydroxylation is 1. The fraction of sp³-hybridized carbons (Fsp3) is 0.538. The predicted molar refractivity (Wildman–Crippen MR) is 77.7 cm³/mol. The molecule has 108 valence electrons. The van der Waals surface area contributed by atoms with E-state index in [2.05, 4.69) is 15.2 Å². The van der Waals surface area contributed by atoms with Gasteiger partial charge in [-0.3, -0.25) is 5.10 Å². The maximum Gasteiger partial charge on any atom is 0.493 e. The van der Waals surface area contributed by atoms with Gasteiger partial charge < -0.3 is 14.8 Å². The van der Waals surface area contributed by atoms with Crippen LogP contribution in [0.2, 0.25) is 0 Å². The van der Waals surface area contributed by atoms with Crippen molar-refractivity contribution < 1.29 is 14.8 Å². The Balaban J connectivity index is 2.27. The smallest absolute Gasteiger partial charge is 0.423 e. The molecule has 0 atom stereocenters. The molecule has 6 nitrogen and oxygen atoms in total. The largest absolute Gasteiger partial charge is 0.493 e. The summed E-state index contributed by atoms with van der Waals surface area (Å²) in [5.41, 5.74) is 0.00646. The quantitative estimate of drug-likeness (QED) is 0.709. The Morgan fingerprint density at radius 3 is 2.55 bits per heavy atom. The van der Waals surface area contributed by atoms with Crippen LogP contribution in [0, 0.1) is 6.92 Å². The average Bonchev–Trinajstić information content (AvgIpc) is 2.68. The number of nitrogens with one attached hydrogen (secondary N) is 1. The van der Waals surface area contributed by atoms with Crippen LogP contribution in [0.3, 0.4) is 0 Å². The average molecular weight is 277 g/mol. The summed E-state index contributed by atoms with van der Waals surface area (Å²) in [6.45, 7) is 8.62. The SMILES string of the molecule is Cc1[nH]nc2ncc(B(O)OC(C)(C)C(C)(C)O)cc12. The highest BCUT2D eigenvalue weighted by molar-refractivity contribution is 6.60. The number of aliphatic hydroxyl groups is 1. The molecule has 0 aliphatic carbocycles. The van der Waals surface area contributed by atoms with Crippen LogP contribution in [-0.4, -0.2) is 43.6 Å². The van der Waals surface area contributed by atoms with Gasteiger partial charge >= 0.3 is 7.12 Å². The Bertz CT molecular complexity index is 619. The van der Waals surface area contributed by atoms with Crippen LogP contribution in [-0.2, 0) is 4.65 Å². The fourth-order valence-electron chi connectivity index (χ4n) is 1.66. The molecule has 0 bridgehead atoms. The first-order valence-corrected chi connectivity index (χ1v) is 6.51. The number of hydrogen-bond donors (Lipinski definition) is 3. The Labute approximate surface area is 118 Å². The second-order valence-corrected chi connectivity index (χ2v) is 6.03. The monoisotopic (exact) mass is 277 g/mol. The van der Waals surface area contributed by atoms with Crippen LogP contribution >= 0.6 is 0 Å². The summed E-state index contributed by atoms with van der Waals surface area (Å²) < 4.78 is 5.59. The Hall–Kier alpha value is -1.44. The first kappa shape index (κ1) is 15.0. The molecule has 0 aliphatic rings. The molecule has 7 heteroatoms. The summed E-state index contributed by atoms with van der Waals surface area (Å²) >= 11 is 0. The highest BCUT2D eigenvalue weighted by atomic mass is 16.5. The predicted octanol–water partition coefficient (Wildman–Crippen LogP) is 0.520. The molecule has 0 radical (unpaired) electrons. The number of nitrogens with zero attached hydrogens (tertiary/aromatic N) is 2. The van der Waals surface area contributed by atoms with Gasteiger partial charge in [0.15, 0.2) is 5.65 Å². The van der Waals surface area contributed by atoms with Crippen molar-refractivity contribution >= 4 is 23.6 Å². The molecule has 0 amide bonds. The number of aromatic amines is 1. The van der Waals surface area contributed by atoms with E-state index < -0.39 is 18.3 Å². The van der Waals surface area contributed by atoms with Crippen molar-refractivity contribution in [3.05, 3.63) is 18.0 Å². The van der Waals surface area contributed by atoms with Crippen molar-refractivity contribution in [3.63, 3.8) is 0 Å². The van der Waals surface area contributed by atoms with Crippen molar-refractivity contribution in [2.45, 2.75) is 45.8 Å². The molecular weight excluding hydrogens is 257 g/mol. The third kappa shape index (κ3) is 2.70. The van der Waals surface area contributed by atoms with E-state index in [1.807, 2.05) is 6.92 Å². The molecule has 20 heavy (non-hydrogen) atoms. The molecule has 3 N–H and O–H groups in total. The molecule has 0 saturated carbocycles. The number of rotatable bonds is 4. The number of fused-ring (bicyclic) bond motifs is 1. The number of aromatic nitrogens is 3. The van der Waals surface area contributed by atoms with Gasteiger partial charge in [0.1, 0.15) is 0 Å². The van der Waals surface area contributed by atoms with Gasteiger partial charge in [-0.05, 0) is 40.7 Å². The zero-order valence-electron chi connectivity index (χ0n) is 12.4. The van der Waals surface area contributed by atoms with E-state index in [-0.39, 0.29) is 0 Å². The van der Waals surface area contributed by atoms with Gasteiger partial charge in [-0.1, -0.05) is 0 Å². The van der Waals surface area contributed by atoms with Gasteiger partial charge in [0.25, 0.3) is 0 Å². The van der Waals surface area contributed by atoms with Gasteiger partial charge in [0, 0.05) is 22.7 Å². The van der Waals surface area contributed by atoms with Gasteiger partial charge in [0.05, 0.1) is 11.2 Å². The normalized spacial score (nSPS) is 12.9. The molecule has 0 aromatic carbocycles.